The molecule has 1 aliphatic rings. The van der Waals surface area contributed by atoms with Crippen LogP contribution >= 0.6 is 0 Å². The Bertz CT molecular complexity index is 938. The number of H-pyrrole nitrogens is 1. The molecular formula is C23H25N. The van der Waals surface area contributed by atoms with Crippen molar-refractivity contribution in [3.8, 4) is 11.1 Å². The van der Waals surface area contributed by atoms with E-state index in [2.05, 4.69) is 68.4 Å². The molecule has 1 heterocycles. The highest BCUT2D eigenvalue weighted by Crippen LogP contribution is 2.50. The Hall–Kier alpha value is -2.54. The highest BCUT2D eigenvalue weighted by molar-refractivity contribution is 5.98. The summed E-state index contributed by atoms with van der Waals surface area (Å²) >= 11 is 0. The van der Waals surface area contributed by atoms with E-state index in [0.29, 0.717) is 0 Å². The van der Waals surface area contributed by atoms with E-state index in [-0.39, 0.29) is 5.41 Å². The number of nitrogens with one attached hydrogen (secondary N) is 1. The first-order chi connectivity index (χ1) is 11.6. The Morgan fingerprint density at radius 1 is 0.917 bits per heavy atom. The van der Waals surface area contributed by atoms with Crippen LogP contribution in [-0.2, 0) is 5.41 Å². The average molecular weight is 315 g/mol. The van der Waals surface area contributed by atoms with E-state index in [0.717, 1.165) is 16.8 Å². The average Bonchev–Trinajstić information content (AvgIpc) is 3.08. The minimum atomic E-state index is 0.0356. The van der Waals surface area contributed by atoms with Gasteiger partial charge in [0.05, 0.1) is 0 Å². The zero-order valence-corrected chi connectivity index (χ0v) is 15.0. The van der Waals surface area contributed by atoms with Crippen LogP contribution in [0.2, 0.25) is 0 Å². The minimum Gasteiger partial charge on any atom is -0.355 e. The molecule has 0 saturated carbocycles. The molecule has 0 spiro atoms. The Kier molecular flexibility index (Phi) is 3.96. The summed E-state index contributed by atoms with van der Waals surface area (Å²) in [7, 11) is 0. The molecule has 1 aromatic heterocycles. The van der Waals surface area contributed by atoms with Gasteiger partial charge < -0.3 is 4.98 Å². The van der Waals surface area contributed by atoms with E-state index in [4.69, 9.17) is 0 Å². The molecule has 0 fully saturated rings. The van der Waals surface area contributed by atoms with Crippen molar-refractivity contribution >= 4 is 23.1 Å². The molecule has 4 rings (SSSR count). The molecule has 24 heavy (non-hydrogen) atoms. The molecule has 0 amide bonds. The highest BCUT2D eigenvalue weighted by Gasteiger charge is 2.35. The maximum absolute atomic E-state index is 3.96. The van der Waals surface area contributed by atoms with Gasteiger partial charge in [0.2, 0.25) is 0 Å². The fourth-order valence-corrected chi connectivity index (χ4v) is 3.81. The van der Waals surface area contributed by atoms with E-state index in [1.54, 1.807) is 0 Å². The first-order valence-electron chi connectivity index (χ1n) is 8.63. The quantitative estimate of drug-likeness (QED) is 0.536. The summed E-state index contributed by atoms with van der Waals surface area (Å²) < 4.78 is 0. The predicted octanol–water partition coefficient (Wildman–Crippen LogP) is 6.79. The maximum Gasteiger partial charge on any atom is 0.0468 e. The molecule has 0 aliphatic heterocycles. The second-order valence-electron chi connectivity index (χ2n) is 6.47. The topological polar surface area (TPSA) is 15.8 Å². The largest absolute Gasteiger partial charge is 0.355 e. The van der Waals surface area contributed by atoms with Gasteiger partial charge in [-0.2, -0.15) is 0 Å². The summed E-state index contributed by atoms with van der Waals surface area (Å²) in [6, 6.07) is 13.3. The third-order valence-corrected chi connectivity index (χ3v) is 4.98. The predicted molar refractivity (Wildman–Crippen MR) is 107 cm³/mol. The number of fused-ring (bicyclic) bond motifs is 4. The Morgan fingerprint density at radius 2 is 1.62 bits per heavy atom. The van der Waals surface area contributed by atoms with E-state index in [1.165, 1.54) is 27.6 Å². The van der Waals surface area contributed by atoms with Gasteiger partial charge in [0.1, 0.15) is 0 Å². The summed E-state index contributed by atoms with van der Waals surface area (Å²) in [6.45, 7) is 16.5. The van der Waals surface area contributed by atoms with Gasteiger partial charge in [0.15, 0.2) is 0 Å². The number of aromatic nitrogens is 1. The first kappa shape index (κ1) is 16.3. The third kappa shape index (κ3) is 2.08. The van der Waals surface area contributed by atoms with Gasteiger partial charge in [-0.1, -0.05) is 71.2 Å². The van der Waals surface area contributed by atoms with E-state index in [9.17, 15) is 0 Å². The van der Waals surface area contributed by atoms with Crippen LogP contribution in [0.15, 0.2) is 49.6 Å². The van der Waals surface area contributed by atoms with Gasteiger partial charge in [-0.25, -0.2) is 0 Å². The van der Waals surface area contributed by atoms with Gasteiger partial charge >= 0.3 is 0 Å². The van der Waals surface area contributed by atoms with Crippen molar-refractivity contribution in [1.82, 2.24) is 4.98 Å². The van der Waals surface area contributed by atoms with Crippen LogP contribution in [0, 0.1) is 0 Å². The molecule has 0 radical (unpaired) electrons. The van der Waals surface area contributed by atoms with Crippen molar-refractivity contribution in [3.63, 3.8) is 0 Å². The summed E-state index contributed by atoms with van der Waals surface area (Å²) in [6.07, 6.45) is 3.77. The molecule has 0 atom stereocenters. The Morgan fingerprint density at radius 3 is 2.29 bits per heavy atom. The molecule has 0 unspecified atom stereocenters. The highest BCUT2D eigenvalue weighted by atomic mass is 14.7. The lowest BCUT2D eigenvalue weighted by Crippen LogP contribution is -2.14. The first-order valence-corrected chi connectivity index (χ1v) is 8.63. The van der Waals surface area contributed by atoms with Crippen molar-refractivity contribution in [2.24, 2.45) is 0 Å². The van der Waals surface area contributed by atoms with Gasteiger partial charge in [-0.05, 0) is 40.5 Å². The molecule has 1 heteroatoms. The van der Waals surface area contributed by atoms with E-state index >= 15 is 0 Å². The second kappa shape index (κ2) is 5.83. The number of hydrogen-bond donors (Lipinski definition) is 1. The molecule has 0 bridgehead atoms. The van der Waals surface area contributed by atoms with Crippen molar-refractivity contribution in [3.05, 3.63) is 71.9 Å². The summed E-state index contributed by atoms with van der Waals surface area (Å²) in [4.78, 5) is 3.47. The lowest BCUT2D eigenvalue weighted by atomic mass is 9.82. The molecule has 3 aromatic rings. The van der Waals surface area contributed by atoms with Crippen LogP contribution < -0.4 is 0 Å². The lowest BCUT2D eigenvalue weighted by molar-refractivity contribution is 0.661. The summed E-state index contributed by atoms with van der Waals surface area (Å²) in [5, 5.41) is 1.22. The number of hydrogen-bond acceptors (Lipinski definition) is 0. The van der Waals surface area contributed by atoms with Crippen molar-refractivity contribution in [2.45, 2.75) is 33.1 Å². The van der Waals surface area contributed by atoms with Crippen LogP contribution in [0.5, 0.6) is 0 Å². The minimum absolute atomic E-state index is 0.0356. The number of aromatic amines is 1. The Balaban J connectivity index is 0.000000815. The third-order valence-electron chi connectivity index (χ3n) is 4.98. The molecule has 0 saturated heterocycles. The van der Waals surface area contributed by atoms with Gasteiger partial charge in [-0.3, -0.25) is 0 Å². The SMILES string of the molecule is C=Cc1[nH]c2cc3c(cc2c1C=C)-c1ccccc1C3(C)C.CC. The van der Waals surface area contributed by atoms with Crippen LogP contribution in [0.3, 0.4) is 0 Å². The monoisotopic (exact) mass is 315 g/mol. The van der Waals surface area contributed by atoms with Gasteiger partial charge in [0.25, 0.3) is 0 Å². The zero-order valence-electron chi connectivity index (χ0n) is 15.0. The second-order valence-corrected chi connectivity index (χ2v) is 6.47. The van der Waals surface area contributed by atoms with Crippen molar-refractivity contribution in [2.75, 3.05) is 0 Å². The lowest BCUT2D eigenvalue weighted by Gasteiger charge is -2.21. The standard InChI is InChI=1S/C21H19N.C2H6/c1-5-13-16-11-15-14-9-7-8-10-17(14)21(3,4)18(15)12-20(16)22-19(13)6-2;1-2/h5-12,22H,1-2H2,3-4H3;1-2H3. The van der Waals surface area contributed by atoms with Crippen molar-refractivity contribution < 1.29 is 0 Å². The molecular weight excluding hydrogens is 290 g/mol. The Labute approximate surface area is 144 Å². The normalized spacial score (nSPS) is 13.7. The van der Waals surface area contributed by atoms with E-state index in [1.807, 2.05) is 26.0 Å². The van der Waals surface area contributed by atoms with Gasteiger partial charge in [-0.15, -0.1) is 0 Å². The molecule has 122 valence electrons. The molecule has 1 nitrogen and oxygen atoms in total. The smallest absolute Gasteiger partial charge is 0.0468 e. The van der Waals surface area contributed by atoms with Crippen LogP contribution in [0.4, 0.5) is 0 Å². The zero-order chi connectivity index (χ0) is 17.5. The van der Waals surface area contributed by atoms with E-state index < -0.39 is 0 Å². The van der Waals surface area contributed by atoms with Crippen LogP contribution in [-0.4, -0.2) is 4.98 Å². The summed E-state index contributed by atoms with van der Waals surface area (Å²) in [5.41, 5.74) is 8.84. The van der Waals surface area contributed by atoms with Crippen LogP contribution in [0.25, 0.3) is 34.2 Å². The van der Waals surface area contributed by atoms with Crippen molar-refractivity contribution in [1.29, 1.82) is 0 Å². The number of rotatable bonds is 2. The number of benzene rings is 2. The van der Waals surface area contributed by atoms with Gasteiger partial charge in [0, 0.05) is 27.6 Å². The maximum atomic E-state index is 3.96. The fraction of sp³-hybridized carbons (Fsp3) is 0.217. The van der Waals surface area contributed by atoms with Crippen LogP contribution in [0.1, 0.15) is 50.1 Å². The summed E-state index contributed by atoms with van der Waals surface area (Å²) in [5.74, 6) is 0. The molecule has 2 aromatic carbocycles. The fourth-order valence-electron chi connectivity index (χ4n) is 3.81. The molecule has 1 aliphatic carbocycles. The molecule has 1 N–H and O–H groups in total.